The summed E-state index contributed by atoms with van der Waals surface area (Å²) in [5, 5.41) is 7.53. The average molecular weight is 522 g/mol. The lowest BCUT2D eigenvalue weighted by molar-refractivity contribution is -0.152. The topological polar surface area (TPSA) is 153 Å². The molecule has 0 saturated carbocycles. The molecule has 12 heteroatoms. The third kappa shape index (κ3) is 9.08. The maximum atomic E-state index is 14.3. The lowest BCUT2D eigenvalue weighted by atomic mass is 10.1. The van der Waals surface area contributed by atoms with Gasteiger partial charge in [-0.25, -0.2) is 14.2 Å². The van der Waals surface area contributed by atoms with Crippen molar-refractivity contribution in [3.8, 4) is 0 Å². The van der Waals surface area contributed by atoms with Crippen LogP contribution in [0.25, 0.3) is 0 Å². The van der Waals surface area contributed by atoms with Gasteiger partial charge in [0.15, 0.2) is 11.5 Å². The SMILES string of the molecule is C/C=C1\NC(=O)c2nc(ccc2F)CNC(=O)C[C@@H](/C=C/CCS)OC(=O)[C@H](CCCCN)NC1=O. The molecule has 0 spiro atoms. The quantitative estimate of drug-likeness (QED) is 0.119. The van der Waals surface area contributed by atoms with Gasteiger partial charge in [0.2, 0.25) is 5.91 Å². The zero-order chi connectivity index (χ0) is 26.5. The van der Waals surface area contributed by atoms with Crippen molar-refractivity contribution >= 4 is 36.3 Å². The highest BCUT2D eigenvalue weighted by atomic mass is 32.1. The van der Waals surface area contributed by atoms with Crippen LogP contribution in [-0.4, -0.2) is 53.1 Å². The number of thiol groups is 1. The predicted octanol–water partition coefficient (Wildman–Crippen LogP) is 1.28. The van der Waals surface area contributed by atoms with E-state index >= 15 is 0 Å². The lowest BCUT2D eigenvalue weighted by Crippen LogP contribution is -2.46. The number of amides is 3. The molecule has 10 nitrogen and oxygen atoms in total. The van der Waals surface area contributed by atoms with Crippen LogP contribution in [0, 0.1) is 5.82 Å². The molecule has 0 radical (unpaired) electrons. The number of rotatable bonds is 7. The van der Waals surface area contributed by atoms with Crippen LogP contribution in [0.3, 0.4) is 0 Å². The molecule has 3 amide bonds. The number of carbonyl (C=O) groups is 4. The van der Waals surface area contributed by atoms with Gasteiger partial charge in [-0.1, -0.05) is 12.2 Å². The first-order chi connectivity index (χ1) is 17.3. The van der Waals surface area contributed by atoms with Crippen molar-refractivity contribution in [2.45, 2.75) is 57.7 Å². The number of pyridine rings is 1. The molecule has 1 aliphatic rings. The monoisotopic (exact) mass is 521 g/mol. The maximum absolute atomic E-state index is 14.3. The van der Waals surface area contributed by atoms with Crippen molar-refractivity contribution in [3.63, 3.8) is 0 Å². The van der Waals surface area contributed by atoms with E-state index in [1.807, 2.05) is 0 Å². The number of nitrogens with two attached hydrogens (primary N) is 1. The molecule has 0 saturated heterocycles. The first kappa shape index (κ1) is 29.0. The van der Waals surface area contributed by atoms with Crippen LogP contribution in [0.1, 0.15) is 55.2 Å². The first-order valence-electron chi connectivity index (χ1n) is 11.7. The molecule has 0 aliphatic carbocycles. The second-order valence-corrected chi connectivity index (χ2v) is 8.44. The van der Waals surface area contributed by atoms with Crippen molar-refractivity contribution in [2.24, 2.45) is 5.73 Å². The van der Waals surface area contributed by atoms with Gasteiger partial charge in [0.05, 0.1) is 18.7 Å². The summed E-state index contributed by atoms with van der Waals surface area (Å²) in [7, 11) is 0. The third-order valence-corrected chi connectivity index (χ3v) is 5.46. The Kier molecular flexibility index (Phi) is 12.1. The molecule has 1 aromatic heterocycles. The van der Waals surface area contributed by atoms with E-state index in [0.29, 0.717) is 31.6 Å². The van der Waals surface area contributed by atoms with Crippen LogP contribution in [0.4, 0.5) is 4.39 Å². The maximum Gasteiger partial charge on any atom is 0.329 e. The van der Waals surface area contributed by atoms with Crippen LogP contribution < -0.4 is 21.7 Å². The minimum Gasteiger partial charge on any atom is -0.456 e. The highest BCUT2D eigenvalue weighted by Gasteiger charge is 2.28. The van der Waals surface area contributed by atoms with E-state index in [1.165, 1.54) is 19.1 Å². The number of esters is 1. The molecule has 36 heavy (non-hydrogen) atoms. The molecular formula is C24H32FN5O5S. The number of nitrogens with zero attached hydrogens (tertiary/aromatic N) is 1. The molecule has 2 bridgehead atoms. The Balaban J connectivity index is 2.41. The van der Waals surface area contributed by atoms with Crippen LogP contribution in [0.5, 0.6) is 0 Å². The minimum atomic E-state index is -1.06. The predicted molar refractivity (Wildman–Crippen MR) is 134 cm³/mol. The summed E-state index contributed by atoms with van der Waals surface area (Å²) in [6.07, 6.45) is 5.56. The number of ether oxygens (including phenoxy) is 1. The van der Waals surface area contributed by atoms with Gasteiger partial charge in [0.1, 0.15) is 17.8 Å². The normalized spacial score (nSPS) is 21.2. The molecule has 1 aliphatic heterocycles. The fourth-order valence-corrected chi connectivity index (χ4v) is 3.46. The van der Waals surface area contributed by atoms with Crippen molar-refractivity contribution in [1.29, 1.82) is 0 Å². The van der Waals surface area contributed by atoms with Gasteiger partial charge in [-0.05, 0) is 63.1 Å². The number of nitrogens with one attached hydrogen (secondary N) is 3. The fraction of sp³-hybridized carbons (Fsp3) is 0.458. The number of cyclic esters (lactones) is 1. The van der Waals surface area contributed by atoms with Gasteiger partial charge in [-0.2, -0.15) is 12.6 Å². The van der Waals surface area contributed by atoms with Crippen LogP contribution in [0.2, 0.25) is 0 Å². The molecule has 5 N–H and O–H groups in total. The third-order valence-electron chi connectivity index (χ3n) is 5.20. The zero-order valence-corrected chi connectivity index (χ0v) is 21.0. The van der Waals surface area contributed by atoms with Gasteiger partial charge in [-0.3, -0.25) is 14.4 Å². The van der Waals surface area contributed by atoms with Gasteiger partial charge in [0.25, 0.3) is 11.8 Å². The van der Waals surface area contributed by atoms with Crippen LogP contribution in [-0.2, 0) is 25.7 Å². The summed E-state index contributed by atoms with van der Waals surface area (Å²) >= 11 is 4.15. The van der Waals surface area contributed by atoms with E-state index < -0.39 is 47.3 Å². The molecular weight excluding hydrogens is 489 g/mol. The number of unbranched alkanes of at least 4 members (excludes halogenated alkanes) is 1. The second-order valence-electron chi connectivity index (χ2n) is 8.00. The standard InChI is InChI=1S/C24H32FN5O5S/c1-2-18-22(32)30-19(8-3-5-11-26)24(34)35-16(7-4-6-12-36)13-20(31)27-14-15-9-10-17(25)21(28-15)23(33)29-18/h2,4,7,9-10,16,19,36H,3,5-6,8,11-14,26H2,1H3,(H,27,31)(H,29,33)(H,30,32)/b7-4+,18-2-/t16-,19+/m1/s1. The molecule has 0 unspecified atom stereocenters. The van der Waals surface area contributed by atoms with E-state index in [0.717, 1.165) is 6.07 Å². The van der Waals surface area contributed by atoms with Crippen molar-refractivity contribution in [2.75, 3.05) is 12.3 Å². The Morgan fingerprint density at radius 3 is 2.69 bits per heavy atom. The molecule has 0 fully saturated rings. The number of hydrogen-bond donors (Lipinski definition) is 5. The summed E-state index contributed by atoms with van der Waals surface area (Å²) in [5.41, 5.74) is 5.06. The van der Waals surface area contributed by atoms with E-state index in [4.69, 9.17) is 10.5 Å². The van der Waals surface area contributed by atoms with Crippen molar-refractivity contribution in [1.82, 2.24) is 20.9 Å². The highest BCUT2D eigenvalue weighted by molar-refractivity contribution is 7.80. The molecule has 1 aromatic rings. The van der Waals surface area contributed by atoms with Gasteiger partial charge in [-0.15, -0.1) is 0 Å². The number of aromatic nitrogens is 1. The van der Waals surface area contributed by atoms with Crippen molar-refractivity contribution < 1.29 is 28.3 Å². The summed E-state index contributed by atoms with van der Waals surface area (Å²) in [6, 6.07) is 1.32. The summed E-state index contributed by atoms with van der Waals surface area (Å²) < 4.78 is 19.9. The molecule has 2 rings (SSSR count). The number of halogens is 1. The number of hydrogen-bond acceptors (Lipinski definition) is 8. The lowest BCUT2D eigenvalue weighted by Gasteiger charge is -2.22. The minimum absolute atomic E-state index is 0.0842. The molecule has 2 heterocycles. The summed E-state index contributed by atoms with van der Waals surface area (Å²) in [6.45, 7) is 1.82. The highest BCUT2D eigenvalue weighted by Crippen LogP contribution is 2.12. The van der Waals surface area contributed by atoms with Crippen molar-refractivity contribution in [3.05, 3.63) is 53.3 Å². The zero-order valence-electron chi connectivity index (χ0n) is 20.1. The Bertz CT molecular complexity index is 1020. The number of carbonyl (C=O) groups excluding carboxylic acids is 4. The Labute approximate surface area is 214 Å². The molecule has 196 valence electrons. The van der Waals surface area contributed by atoms with Crippen LogP contribution >= 0.6 is 12.6 Å². The largest absolute Gasteiger partial charge is 0.456 e. The van der Waals surface area contributed by atoms with E-state index in [2.05, 4.69) is 33.6 Å². The van der Waals surface area contributed by atoms with E-state index in [9.17, 15) is 23.6 Å². The Morgan fingerprint density at radius 1 is 1.22 bits per heavy atom. The summed E-state index contributed by atoms with van der Waals surface area (Å²) in [4.78, 5) is 55.1. The molecule has 2 atom stereocenters. The average Bonchev–Trinajstić information content (AvgIpc) is 2.85. The number of fused-ring (bicyclic) bond motifs is 2. The van der Waals surface area contributed by atoms with Gasteiger partial charge >= 0.3 is 5.97 Å². The van der Waals surface area contributed by atoms with Crippen LogP contribution in [0.15, 0.2) is 36.1 Å². The first-order valence-corrected chi connectivity index (χ1v) is 12.3. The Hall–Kier alpha value is -3.25. The smallest absolute Gasteiger partial charge is 0.329 e. The van der Waals surface area contributed by atoms with E-state index in [-0.39, 0.29) is 30.8 Å². The van der Waals surface area contributed by atoms with Gasteiger partial charge < -0.3 is 26.4 Å². The molecule has 0 aromatic carbocycles. The Morgan fingerprint density at radius 2 is 2.00 bits per heavy atom. The van der Waals surface area contributed by atoms with E-state index in [1.54, 1.807) is 12.2 Å². The second kappa shape index (κ2) is 15.0. The number of allylic oxidation sites excluding steroid dienone is 2. The fourth-order valence-electron chi connectivity index (χ4n) is 3.31. The summed E-state index contributed by atoms with van der Waals surface area (Å²) in [5.74, 6) is -3.22. The van der Waals surface area contributed by atoms with Gasteiger partial charge in [0, 0.05) is 0 Å².